The molecule has 1 aliphatic heterocycles. The van der Waals surface area contributed by atoms with Gasteiger partial charge >= 0.3 is 0 Å². The zero-order chi connectivity index (χ0) is 17.2. The van der Waals surface area contributed by atoms with Gasteiger partial charge in [-0.25, -0.2) is 0 Å². The number of aromatic nitrogens is 1. The minimum Gasteiger partial charge on any atom is -0.497 e. The first-order valence-electron chi connectivity index (χ1n) is 8.91. The zero-order valence-electron chi connectivity index (χ0n) is 14.5. The van der Waals surface area contributed by atoms with Crippen LogP contribution >= 0.6 is 0 Å². The van der Waals surface area contributed by atoms with E-state index in [0.717, 1.165) is 61.4 Å². The molecule has 0 saturated carbocycles. The number of piperazine rings is 1. The minimum absolute atomic E-state index is 0.0110. The highest BCUT2D eigenvalue weighted by atomic mass is 16.5. The Labute approximate surface area is 147 Å². The van der Waals surface area contributed by atoms with Gasteiger partial charge in [-0.15, -0.1) is 0 Å². The SMILES string of the molecule is COc1ccc([C@@H]2CNCCN2C(=O)c2noc3c2CCCC3)cc1. The maximum Gasteiger partial charge on any atom is 0.276 e. The third-order valence-corrected chi connectivity index (χ3v) is 5.16. The van der Waals surface area contributed by atoms with Gasteiger partial charge in [0.1, 0.15) is 11.5 Å². The van der Waals surface area contributed by atoms with Gasteiger partial charge in [0.25, 0.3) is 5.91 Å². The summed E-state index contributed by atoms with van der Waals surface area (Å²) in [6, 6.07) is 7.90. The first-order valence-corrected chi connectivity index (χ1v) is 8.91. The average molecular weight is 341 g/mol. The molecule has 1 N–H and O–H groups in total. The third kappa shape index (κ3) is 3.02. The van der Waals surface area contributed by atoms with Gasteiger partial charge in [-0.2, -0.15) is 0 Å². The van der Waals surface area contributed by atoms with Crippen molar-refractivity contribution >= 4 is 5.91 Å². The van der Waals surface area contributed by atoms with E-state index in [1.54, 1.807) is 7.11 Å². The first-order chi connectivity index (χ1) is 12.3. The molecule has 6 heteroatoms. The lowest BCUT2D eigenvalue weighted by molar-refractivity contribution is 0.0622. The summed E-state index contributed by atoms with van der Waals surface area (Å²) in [5.74, 6) is 1.69. The first kappa shape index (κ1) is 16.1. The van der Waals surface area contributed by atoms with E-state index < -0.39 is 0 Å². The molecule has 2 aromatic rings. The van der Waals surface area contributed by atoms with Gasteiger partial charge in [0.15, 0.2) is 5.69 Å². The standard InChI is InChI=1S/C19H23N3O3/c1-24-14-8-6-13(7-9-14)16-12-20-10-11-22(16)19(23)18-15-4-2-3-5-17(15)25-21-18/h6-9,16,20H,2-5,10-12H2,1H3/t16-/m0/s1. The Bertz CT molecular complexity index is 754. The Balaban J connectivity index is 1.62. The van der Waals surface area contributed by atoms with Crippen molar-refractivity contribution in [1.82, 2.24) is 15.4 Å². The topological polar surface area (TPSA) is 67.6 Å². The molecule has 1 aliphatic carbocycles. The molecule has 1 saturated heterocycles. The van der Waals surface area contributed by atoms with E-state index in [1.165, 1.54) is 0 Å². The summed E-state index contributed by atoms with van der Waals surface area (Å²) in [4.78, 5) is 15.1. The lowest BCUT2D eigenvalue weighted by Crippen LogP contribution is -2.49. The molecule has 1 atom stereocenters. The lowest BCUT2D eigenvalue weighted by Gasteiger charge is -2.36. The van der Waals surface area contributed by atoms with E-state index in [4.69, 9.17) is 9.26 Å². The van der Waals surface area contributed by atoms with Gasteiger partial charge in [0.05, 0.1) is 13.2 Å². The Morgan fingerprint density at radius 2 is 2.08 bits per heavy atom. The molecule has 1 aromatic carbocycles. The number of hydrogen-bond acceptors (Lipinski definition) is 5. The Morgan fingerprint density at radius 3 is 2.88 bits per heavy atom. The highest BCUT2D eigenvalue weighted by Gasteiger charge is 2.33. The van der Waals surface area contributed by atoms with E-state index in [2.05, 4.69) is 10.5 Å². The number of rotatable bonds is 3. The van der Waals surface area contributed by atoms with Crippen LogP contribution in [0.3, 0.4) is 0 Å². The molecule has 0 bridgehead atoms. The molecule has 132 valence electrons. The van der Waals surface area contributed by atoms with Gasteiger partial charge in [-0.3, -0.25) is 4.79 Å². The summed E-state index contributed by atoms with van der Waals surface area (Å²) in [7, 11) is 1.65. The van der Waals surface area contributed by atoms with Gasteiger partial charge < -0.3 is 19.5 Å². The fourth-order valence-corrected chi connectivity index (χ4v) is 3.76. The van der Waals surface area contributed by atoms with E-state index in [1.807, 2.05) is 29.2 Å². The van der Waals surface area contributed by atoms with Gasteiger partial charge in [-0.05, 0) is 37.0 Å². The van der Waals surface area contributed by atoms with Crippen molar-refractivity contribution in [2.45, 2.75) is 31.7 Å². The van der Waals surface area contributed by atoms with Gasteiger partial charge in [0.2, 0.25) is 0 Å². The highest BCUT2D eigenvalue weighted by Crippen LogP contribution is 2.29. The van der Waals surface area contributed by atoms with E-state index >= 15 is 0 Å². The van der Waals surface area contributed by atoms with Crippen molar-refractivity contribution in [2.24, 2.45) is 0 Å². The Morgan fingerprint density at radius 1 is 1.28 bits per heavy atom. The van der Waals surface area contributed by atoms with Crippen LogP contribution in [-0.4, -0.2) is 42.7 Å². The van der Waals surface area contributed by atoms with Gasteiger partial charge in [-0.1, -0.05) is 17.3 Å². The van der Waals surface area contributed by atoms with Crippen LogP contribution in [0.1, 0.15) is 46.3 Å². The molecule has 2 heterocycles. The summed E-state index contributed by atoms with van der Waals surface area (Å²) in [6.45, 7) is 2.19. The molecule has 1 fully saturated rings. The van der Waals surface area contributed by atoms with Crippen LogP contribution in [0.2, 0.25) is 0 Å². The molecule has 25 heavy (non-hydrogen) atoms. The van der Waals surface area contributed by atoms with Crippen LogP contribution in [0.4, 0.5) is 0 Å². The summed E-state index contributed by atoms with van der Waals surface area (Å²) in [5.41, 5.74) is 2.62. The molecule has 2 aliphatic rings. The highest BCUT2D eigenvalue weighted by molar-refractivity contribution is 5.94. The fraction of sp³-hybridized carbons (Fsp3) is 0.474. The van der Waals surface area contributed by atoms with Crippen molar-refractivity contribution in [3.05, 3.63) is 46.8 Å². The lowest BCUT2D eigenvalue weighted by atomic mass is 9.95. The smallest absolute Gasteiger partial charge is 0.276 e. The van der Waals surface area contributed by atoms with Crippen LogP contribution in [-0.2, 0) is 12.8 Å². The number of nitrogens with zero attached hydrogens (tertiary/aromatic N) is 2. The summed E-state index contributed by atoms with van der Waals surface area (Å²) in [5, 5.41) is 7.51. The zero-order valence-corrected chi connectivity index (χ0v) is 14.5. The quantitative estimate of drug-likeness (QED) is 0.928. The number of fused-ring (bicyclic) bond motifs is 1. The molecule has 6 nitrogen and oxygen atoms in total. The number of carbonyl (C=O) groups is 1. The molecular weight excluding hydrogens is 318 g/mol. The van der Waals surface area contributed by atoms with Crippen LogP contribution < -0.4 is 10.1 Å². The van der Waals surface area contributed by atoms with E-state index in [0.29, 0.717) is 12.2 Å². The van der Waals surface area contributed by atoms with Crippen molar-refractivity contribution in [1.29, 1.82) is 0 Å². The number of nitrogens with one attached hydrogen (secondary N) is 1. The number of carbonyl (C=O) groups excluding carboxylic acids is 1. The number of methoxy groups -OCH3 is 1. The summed E-state index contributed by atoms with van der Waals surface area (Å²) < 4.78 is 10.7. The number of hydrogen-bond donors (Lipinski definition) is 1. The third-order valence-electron chi connectivity index (χ3n) is 5.16. The van der Waals surface area contributed by atoms with Crippen LogP contribution in [0.25, 0.3) is 0 Å². The number of aryl methyl sites for hydroxylation is 1. The second kappa shape index (κ2) is 6.88. The maximum atomic E-state index is 13.2. The Kier molecular flexibility index (Phi) is 4.44. The molecule has 1 aromatic heterocycles. The van der Waals surface area contributed by atoms with Crippen molar-refractivity contribution in [3.8, 4) is 5.75 Å². The second-order valence-corrected chi connectivity index (χ2v) is 6.63. The second-order valence-electron chi connectivity index (χ2n) is 6.63. The minimum atomic E-state index is -0.0192. The summed E-state index contributed by atoms with van der Waals surface area (Å²) in [6.07, 6.45) is 3.98. The van der Waals surface area contributed by atoms with Crippen molar-refractivity contribution in [2.75, 3.05) is 26.7 Å². The normalized spacial score (nSPS) is 20.2. The number of ether oxygens (including phenoxy) is 1. The maximum absolute atomic E-state index is 13.2. The van der Waals surface area contributed by atoms with Crippen LogP contribution in [0.5, 0.6) is 5.75 Å². The van der Waals surface area contributed by atoms with Crippen LogP contribution in [0, 0.1) is 0 Å². The molecular formula is C19H23N3O3. The molecule has 0 spiro atoms. The molecule has 1 amide bonds. The number of amides is 1. The average Bonchev–Trinajstić information content (AvgIpc) is 3.12. The largest absolute Gasteiger partial charge is 0.497 e. The molecule has 0 radical (unpaired) electrons. The fourth-order valence-electron chi connectivity index (χ4n) is 3.76. The van der Waals surface area contributed by atoms with E-state index in [9.17, 15) is 4.79 Å². The van der Waals surface area contributed by atoms with Gasteiger partial charge in [0, 0.05) is 31.6 Å². The molecule has 4 rings (SSSR count). The predicted octanol–water partition coefficient (Wildman–Crippen LogP) is 2.35. The predicted molar refractivity (Wildman–Crippen MR) is 92.8 cm³/mol. The van der Waals surface area contributed by atoms with Crippen molar-refractivity contribution < 1.29 is 14.1 Å². The van der Waals surface area contributed by atoms with Crippen LogP contribution in [0.15, 0.2) is 28.8 Å². The van der Waals surface area contributed by atoms with Crippen molar-refractivity contribution in [3.63, 3.8) is 0 Å². The summed E-state index contributed by atoms with van der Waals surface area (Å²) >= 11 is 0. The van der Waals surface area contributed by atoms with E-state index in [-0.39, 0.29) is 11.9 Å². The Hall–Kier alpha value is -2.34. The monoisotopic (exact) mass is 341 g/mol. The number of benzene rings is 1. The molecule has 0 unspecified atom stereocenters.